The topological polar surface area (TPSA) is 49.5 Å². The smallest absolute Gasteiger partial charge is 0.0867 e. The lowest BCUT2D eigenvalue weighted by Gasteiger charge is -2.39. The highest BCUT2D eigenvalue weighted by Crippen LogP contribution is 2.30. The van der Waals surface area contributed by atoms with Crippen molar-refractivity contribution in [3.8, 4) is 0 Å². The summed E-state index contributed by atoms with van der Waals surface area (Å²) in [4.78, 5) is 2.32. The van der Waals surface area contributed by atoms with Gasteiger partial charge >= 0.3 is 0 Å². The minimum absolute atomic E-state index is 0.340. The molecule has 0 aromatic rings. The van der Waals surface area contributed by atoms with Gasteiger partial charge in [-0.05, 0) is 38.3 Å². The molecule has 14 heavy (non-hydrogen) atoms. The minimum Gasteiger partial charge on any atom is -0.388 e. The van der Waals surface area contributed by atoms with E-state index < -0.39 is 5.60 Å². The van der Waals surface area contributed by atoms with Crippen molar-refractivity contribution in [2.45, 2.75) is 39.2 Å². The van der Waals surface area contributed by atoms with E-state index in [1.807, 2.05) is 6.92 Å². The average molecular weight is 200 g/mol. The zero-order valence-electron chi connectivity index (χ0n) is 9.71. The molecule has 1 unspecified atom stereocenters. The van der Waals surface area contributed by atoms with Crippen LogP contribution >= 0.6 is 0 Å². The van der Waals surface area contributed by atoms with Crippen molar-refractivity contribution in [1.29, 1.82) is 0 Å². The summed E-state index contributed by atoms with van der Waals surface area (Å²) in [7, 11) is 0. The van der Waals surface area contributed by atoms with Crippen molar-refractivity contribution in [2.24, 2.45) is 11.1 Å². The van der Waals surface area contributed by atoms with Gasteiger partial charge in [0.1, 0.15) is 0 Å². The monoisotopic (exact) mass is 200 g/mol. The largest absolute Gasteiger partial charge is 0.388 e. The fourth-order valence-corrected chi connectivity index (χ4v) is 1.86. The van der Waals surface area contributed by atoms with E-state index >= 15 is 0 Å². The Morgan fingerprint density at radius 2 is 1.86 bits per heavy atom. The molecule has 1 heterocycles. The normalized spacial score (nSPS) is 27.2. The summed E-state index contributed by atoms with van der Waals surface area (Å²) in [6.07, 6.45) is 2.43. The number of piperidine rings is 1. The molecule has 0 aromatic carbocycles. The van der Waals surface area contributed by atoms with Crippen molar-refractivity contribution >= 4 is 0 Å². The van der Waals surface area contributed by atoms with Crippen molar-refractivity contribution in [3.63, 3.8) is 0 Å². The van der Waals surface area contributed by atoms with Crippen molar-refractivity contribution in [2.75, 3.05) is 26.2 Å². The van der Waals surface area contributed by atoms with Crippen LogP contribution in [0.5, 0.6) is 0 Å². The zero-order chi connectivity index (χ0) is 10.8. The lowest BCUT2D eigenvalue weighted by Crippen LogP contribution is -2.49. The second-order valence-corrected chi connectivity index (χ2v) is 5.64. The van der Waals surface area contributed by atoms with E-state index in [0.717, 1.165) is 13.1 Å². The molecule has 1 aliphatic heterocycles. The summed E-state index contributed by atoms with van der Waals surface area (Å²) < 4.78 is 0. The van der Waals surface area contributed by atoms with Crippen LogP contribution in [0.1, 0.15) is 33.6 Å². The summed E-state index contributed by atoms with van der Waals surface area (Å²) in [5, 5.41) is 9.84. The van der Waals surface area contributed by atoms with Gasteiger partial charge in [0.25, 0.3) is 0 Å². The molecule has 1 atom stereocenters. The summed E-state index contributed by atoms with van der Waals surface area (Å²) in [5.41, 5.74) is 5.26. The van der Waals surface area contributed by atoms with Crippen LogP contribution in [0.3, 0.4) is 0 Å². The van der Waals surface area contributed by atoms with E-state index in [0.29, 0.717) is 18.5 Å². The van der Waals surface area contributed by atoms with Crippen molar-refractivity contribution in [3.05, 3.63) is 0 Å². The van der Waals surface area contributed by atoms with E-state index in [1.54, 1.807) is 0 Å². The van der Waals surface area contributed by atoms with Gasteiger partial charge in [-0.25, -0.2) is 0 Å². The molecule has 0 spiro atoms. The Bertz CT molecular complexity index is 180. The highest BCUT2D eigenvalue weighted by Gasteiger charge is 2.29. The first-order chi connectivity index (χ1) is 6.35. The molecule has 0 aromatic heterocycles. The Morgan fingerprint density at radius 3 is 2.29 bits per heavy atom. The molecule has 1 rings (SSSR count). The quantitative estimate of drug-likeness (QED) is 0.709. The number of nitrogens with two attached hydrogens (primary N) is 1. The number of β-amino-alcohol motifs (C(OH)–C–C–N with tert-alkyl or cyclic N) is 1. The fourth-order valence-electron chi connectivity index (χ4n) is 1.86. The number of hydrogen-bond donors (Lipinski definition) is 2. The van der Waals surface area contributed by atoms with Crippen LogP contribution in [0.15, 0.2) is 0 Å². The lowest BCUT2D eigenvalue weighted by molar-refractivity contribution is 0.00872. The molecule has 84 valence electrons. The van der Waals surface area contributed by atoms with Crippen LogP contribution in [-0.2, 0) is 0 Å². The fraction of sp³-hybridized carbons (Fsp3) is 1.00. The van der Waals surface area contributed by atoms with Gasteiger partial charge in [0, 0.05) is 13.1 Å². The zero-order valence-corrected chi connectivity index (χ0v) is 9.71. The van der Waals surface area contributed by atoms with Gasteiger partial charge in [-0.2, -0.15) is 0 Å². The first-order valence-electron chi connectivity index (χ1n) is 5.49. The van der Waals surface area contributed by atoms with Crippen LogP contribution in [0.4, 0.5) is 0 Å². The standard InChI is InChI=1S/C11H24N2O/c1-10(2)4-6-13(7-5-10)9-11(3,14)8-12/h14H,4-9,12H2,1-3H3. The second-order valence-electron chi connectivity index (χ2n) is 5.64. The molecule has 0 radical (unpaired) electrons. The van der Waals surface area contributed by atoms with Crippen LogP contribution in [0.25, 0.3) is 0 Å². The van der Waals surface area contributed by atoms with E-state index in [2.05, 4.69) is 18.7 Å². The minimum atomic E-state index is -0.721. The number of likely N-dealkylation sites (tertiary alicyclic amines) is 1. The first kappa shape index (κ1) is 12.0. The van der Waals surface area contributed by atoms with Gasteiger partial charge in [0.2, 0.25) is 0 Å². The molecule has 1 saturated heterocycles. The van der Waals surface area contributed by atoms with Crippen LogP contribution in [0, 0.1) is 5.41 Å². The van der Waals surface area contributed by atoms with Crippen LogP contribution in [-0.4, -0.2) is 41.8 Å². The van der Waals surface area contributed by atoms with Crippen LogP contribution in [0.2, 0.25) is 0 Å². The summed E-state index contributed by atoms with van der Waals surface area (Å²) in [6, 6.07) is 0. The highest BCUT2D eigenvalue weighted by atomic mass is 16.3. The summed E-state index contributed by atoms with van der Waals surface area (Å²) >= 11 is 0. The lowest BCUT2D eigenvalue weighted by atomic mass is 9.82. The summed E-state index contributed by atoms with van der Waals surface area (Å²) in [6.45, 7) is 9.66. The Kier molecular flexibility index (Phi) is 3.56. The van der Waals surface area contributed by atoms with E-state index in [4.69, 9.17) is 5.73 Å². The maximum Gasteiger partial charge on any atom is 0.0867 e. The number of rotatable bonds is 3. The summed E-state index contributed by atoms with van der Waals surface area (Å²) in [5.74, 6) is 0. The van der Waals surface area contributed by atoms with Crippen LogP contribution < -0.4 is 5.73 Å². The molecule has 0 aliphatic carbocycles. The molecule has 1 fully saturated rings. The molecule has 0 bridgehead atoms. The molecule has 1 aliphatic rings. The Labute approximate surface area is 87.3 Å². The molecule has 3 heteroatoms. The number of aliphatic hydroxyl groups is 1. The van der Waals surface area contributed by atoms with E-state index in [9.17, 15) is 5.11 Å². The number of nitrogens with zero attached hydrogens (tertiary/aromatic N) is 1. The molecular weight excluding hydrogens is 176 g/mol. The second kappa shape index (κ2) is 4.17. The molecular formula is C11H24N2O. The highest BCUT2D eigenvalue weighted by molar-refractivity contribution is 4.84. The SMILES string of the molecule is CC1(C)CCN(CC(C)(O)CN)CC1. The molecule has 3 N–H and O–H groups in total. The van der Waals surface area contributed by atoms with Gasteiger partial charge in [-0.3, -0.25) is 0 Å². The third-order valence-electron chi connectivity index (χ3n) is 3.21. The molecule has 0 amide bonds. The van der Waals surface area contributed by atoms with Gasteiger partial charge in [-0.15, -0.1) is 0 Å². The van der Waals surface area contributed by atoms with E-state index in [-0.39, 0.29) is 0 Å². The Balaban J connectivity index is 2.36. The molecule has 3 nitrogen and oxygen atoms in total. The van der Waals surface area contributed by atoms with Gasteiger partial charge < -0.3 is 15.7 Å². The Hall–Kier alpha value is -0.120. The van der Waals surface area contributed by atoms with E-state index in [1.165, 1.54) is 12.8 Å². The maximum atomic E-state index is 9.84. The predicted octanol–water partition coefficient (Wildman–Crippen LogP) is 0.818. The maximum absolute atomic E-state index is 9.84. The van der Waals surface area contributed by atoms with Crippen molar-refractivity contribution in [1.82, 2.24) is 4.90 Å². The Morgan fingerprint density at radius 1 is 1.36 bits per heavy atom. The predicted molar refractivity (Wildman–Crippen MR) is 59.1 cm³/mol. The van der Waals surface area contributed by atoms with Gasteiger partial charge in [-0.1, -0.05) is 13.8 Å². The molecule has 0 saturated carbocycles. The number of hydrogen-bond acceptors (Lipinski definition) is 3. The van der Waals surface area contributed by atoms with Gasteiger partial charge in [0.05, 0.1) is 5.60 Å². The third-order valence-corrected chi connectivity index (χ3v) is 3.21. The van der Waals surface area contributed by atoms with Crippen molar-refractivity contribution < 1.29 is 5.11 Å². The third kappa shape index (κ3) is 3.56. The first-order valence-corrected chi connectivity index (χ1v) is 5.49. The average Bonchev–Trinajstić information content (AvgIpc) is 2.09. The van der Waals surface area contributed by atoms with Gasteiger partial charge in [0.15, 0.2) is 0 Å².